The maximum absolute atomic E-state index is 12.5. The molecule has 0 unspecified atom stereocenters. The third-order valence-corrected chi connectivity index (χ3v) is 4.98. The van der Waals surface area contributed by atoms with E-state index in [4.69, 9.17) is 16.6 Å². The minimum absolute atomic E-state index is 0.0964. The number of amides is 2. The summed E-state index contributed by atoms with van der Waals surface area (Å²) in [6, 6.07) is 10.4. The second-order valence-corrected chi connectivity index (χ2v) is 7.59. The van der Waals surface area contributed by atoms with E-state index >= 15 is 0 Å². The predicted octanol–water partition coefficient (Wildman–Crippen LogP) is 4.23. The third kappa shape index (κ3) is 5.64. The number of halogens is 1. The molecule has 3 N–H and O–H groups in total. The van der Waals surface area contributed by atoms with E-state index in [0.29, 0.717) is 15.9 Å². The van der Waals surface area contributed by atoms with Crippen LogP contribution >= 0.6 is 28.1 Å². The Hall–Kier alpha value is -2.19. The standard InChI is InChI=1S/C19H20BrN3O3S/c20-16-10-9-15(26-16)18(25)23-19(27)22-14-8-4-5-12(11-14)17(24)21-13-6-2-1-3-7-13/h4-5,8-11,13H,1-3,6-7H2,(H,21,24)(H2,22,23,25,27). The fourth-order valence-electron chi connectivity index (χ4n) is 3.02. The van der Waals surface area contributed by atoms with Crippen molar-refractivity contribution < 1.29 is 14.0 Å². The fraction of sp³-hybridized carbons (Fsp3) is 0.316. The van der Waals surface area contributed by atoms with Crippen LogP contribution in [0, 0.1) is 0 Å². The molecule has 1 heterocycles. The van der Waals surface area contributed by atoms with Gasteiger partial charge in [-0.3, -0.25) is 14.9 Å². The molecular formula is C19H20BrN3O3S. The van der Waals surface area contributed by atoms with Crippen molar-refractivity contribution in [2.75, 3.05) is 5.32 Å². The van der Waals surface area contributed by atoms with E-state index in [2.05, 4.69) is 31.9 Å². The summed E-state index contributed by atoms with van der Waals surface area (Å²) in [7, 11) is 0. The second kappa shape index (κ2) is 9.14. The summed E-state index contributed by atoms with van der Waals surface area (Å²) in [6.45, 7) is 0. The van der Waals surface area contributed by atoms with Crippen LogP contribution in [-0.2, 0) is 0 Å². The summed E-state index contributed by atoms with van der Waals surface area (Å²) in [5.41, 5.74) is 1.17. The van der Waals surface area contributed by atoms with Crippen molar-refractivity contribution in [3.8, 4) is 0 Å². The first-order valence-corrected chi connectivity index (χ1v) is 10.00. The first-order valence-electron chi connectivity index (χ1n) is 8.80. The largest absolute Gasteiger partial charge is 0.444 e. The van der Waals surface area contributed by atoms with Crippen LogP contribution in [0.2, 0.25) is 0 Å². The third-order valence-electron chi connectivity index (χ3n) is 4.35. The van der Waals surface area contributed by atoms with Gasteiger partial charge in [0.2, 0.25) is 0 Å². The summed E-state index contributed by atoms with van der Waals surface area (Å²) in [5, 5.41) is 8.66. The highest BCUT2D eigenvalue weighted by Gasteiger charge is 2.17. The lowest BCUT2D eigenvalue weighted by molar-refractivity contribution is 0.0925. The van der Waals surface area contributed by atoms with Crippen LogP contribution in [0.3, 0.4) is 0 Å². The first-order chi connectivity index (χ1) is 13.0. The molecule has 1 aromatic heterocycles. The highest BCUT2D eigenvalue weighted by Crippen LogP contribution is 2.18. The smallest absolute Gasteiger partial charge is 0.293 e. The van der Waals surface area contributed by atoms with Gasteiger partial charge in [0.1, 0.15) is 0 Å². The number of furan rings is 1. The molecule has 1 aromatic carbocycles. The normalized spacial score (nSPS) is 14.4. The summed E-state index contributed by atoms with van der Waals surface area (Å²) >= 11 is 8.31. The van der Waals surface area contributed by atoms with Crippen molar-refractivity contribution in [1.29, 1.82) is 0 Å². The highest BCUT2D eigenvalue weighted by atomic mass is 79.9. The molecule has 0 spiro atoms. The number of benzene rings is 1. The Morgan fingerprint density at radius 2 is 1.85 bits per heavy atom. The SMILES string of the molecule is O=C(NC1CCCCC1)c1cccc(NC(=S)NC(=O)c2ccc(Br)o2)c1. The zero-order valence-electron chi connectivity index (χ0n) is 14.6. The Morgan fingerprint density at radius 1 is 1.07 bits per heavy atom. The molecular weight excluding hydrogens is 430 g/mol. The Kier molecular flexibility index (Phi) is 6.63. The second-order valence-electron chi connectivity index (χ2n) is 6.40. The lowest BCUT2D eigenvalue weighted by atomic mass is 9.95. The van der Waals surface area contributed by atoms with E-state index in [-0.39, 0.29) is 22.8 Å². The first kappa shape index (κ1) is 19.6. The van der Waals surface area contributed by atoms with Gasteiger partial charge in [-0.05, 0) is 71.3 Å². The van der Waals surface area contributed by atoms with Crippen LogP contribution < -0.4 is 16.0 Å². The van der Waals surface area contributed by atoms with Crippen LogP contribution in [0.1, 0.15) is 53.0 Å². The molecule has 2 amide bonds. The van der Waals surface area contributed by atoms with Crippen LogP contribution in [-0.4, -0.2) is 23.0 Å². The highest BCUT2D eigenvalue weighted by molar-refractivity contribution is 9.10. The van der Waals surface area contributed by atoms with Gasteiger partial charge in [0.15, 0.2) is 15.5 Å². The molecule has 1 saturated carbocycles. The Bertz CT molecular complexity index is 846. The molecule has 8 heteroatoms. The Morgan fingerprint density at radius 3 is 2.56 bits per heavy atom. The molecule has 2 aromatic rings. The molecule has 27 heavy (non-hydrogen) atoms. The van der Waals surface area contributed by atoms with Crippen LogP contribution in [0.25, 0.3) is 0 Å². The maximum atomic E-state index is 12.5. The van der Waals surface area contributed by atoms with Crippen molar-refractivity contribution in [2.24, 2.45) is 0 Å². The Balaban J connectivity index is 1.57. The average Bonchev–Trinajstić information content (AvgIpc) is 3.09. The van der Waals surface area contributed by atoms with Gasteiger partial charge in [-0.2, -0.15) is 0 Å². The van der Waals surface area contributed by atoms with Gasteiger partial charge in [-0.15, -0.1) is 0 Å². The number of carbonyl (C=O) groups excluding carboxylic acids is 2. The van der Waals surface area contributed by atoms with Crippen LogP contribution in [0.4, 0.5) is 5.69 Å². The van der Waals surface area contributed by atoms with Gasteiger partial charge in [0.05, 0.1) is 0 Å². The number of hydrogen-bond acceptors (Lipinski definition) is 4. The molecule has 142 valence electrons. The lowest BCUT2D eigenvalue weighted by Gasteiger charge is -2.22. The predicted molar refractivity (Wildman–Crippen MR) is 111 cm³/mol. The molecule has 1 fully saturated rings. The van der Waals surface area contributed by atoms with Crippen molar-refractivity contribution in [2.45, 2.75) is 38.1 Å². The number of rotatable bonds is 4. The zero-order valence-corrected chi connectivity index (χ0v) is 17.0. The number of carbonyl (C=O) groups is 2. The molecule has 0 bridgehead atoms. The molecule has 0 aliphatic heterocycles. The molecule has 1 aliphatic rings. The molecule has 3 rings (SSSR count). The van der Waals surface area contributed by atoms with E-state index < -0.39 is 5.91 Å². The Labute approximate surface area is 171 Å². The monoisotopic (exact) mass is 449 g/mol. The van der Waals surface area contributed by atoms with E-state index in [1.807, 2.05) is 0 Å². The van der Waals surface area contributed by atoms with E-state index in [0.717, 1.165) is 25.7 Å². The van der Waals surface area contributed by atoms with E-state index in [1.165, 1.54) is 12.5 Å². The lowest BCUT2D eigenvalue weighted by Crippen LogP contribution is -2.36. The topological polar surface area (TPSA) is 83.4 Å². The van der Waals surface area contributed by atoms with Crippen LogP contribution in [0.5, 0.6) is 0 Å². The van der Waals surface area contributed by atoms with Gasteiger partial charge in [0.25, 0.3) is 11.8 Å². The fourth-order valence-corrected chi connectivity index (χ4v) is 3.53. The molecule has 0 saturated heterocycles. The number of thiocarbonyl (C=S) groups is 1. The number of anilines is 1. The summed E-state index contributed by atoms with van der Waals surface area (Å²) in [6.07, 6.45) is 5.62. The van der Waals surface area contributed by atoms with Crippen molar-refractivity contribution >= 4 is 50.8 Å². The summed E-state index contributed by atoms with van der Waals surface area (Å²) < 4.78 is 5.64. The van der Waals surface area contributed by atoms with Crippen molar-refractivity contribution in [1.82, 2.24) is 10.6 Å². The quantitative estimate of drug-likeness (QED) is 0.608. The molecule has 0 radical (unpaired) electrons. The van der Waals surface area contributed by atoms with E-state index in [9.17, 15) is 9.59 Å². The minimum atomic E-state index is -0.454. The van der Waals surface area contributed by atoms with Gasteiger partial charge in [-0.1, -0.05) is 25.3 Å². The van der Waals surface area contributed by atoms with Gasteiger partial charge < -0.3 is 15.1 Å². The maximum Gasteiger partial charge on any atom is 0.293 e. The summed E-state index contributed by atoms with van der Waals surface area (Å²) in [5.74, 6) is -0.406. The van der Waals surface area contributed by atoms with Gasteiger partial charge >= 0.3 is 0 Å². The number of hydrogen-bond donors (Lipinski definition) is 3. The van der Waals surface area contributed by atoms with Gasteiger partial charge in [0, 0.05) is 17.3 Å². The summed E-state index contributed by atoms with van der Waals surface area (Å²) in [4.78, 5) is 24.5. The van der Waals surface area contributed by atoms with Crippen LogP contribution in [0.15, 0.2) is 45.5 Å². The number of nitrogens with one attached hydrogen (secondary N) is 3. The molecule has 0 atom stereocenters. The zero-order chi connectivity index (χ0) is 19.2. The molecule has 1 aliphatic carbocycles. The average molecular weight is 450 g/mol. The van der Waals surface area contributed by atoms with Gasteiger partial charge in [-0.25, -0.2) is 0 Å². The minimum Gasteiger partial charge on any atom is -0.444 e. The van der Waals surface area contributed by atoms with Crippen molar-refractivity contribution in [3.63, 3.8) is 0 Å². The van der Waals surface area contributed by atoms with Crippen molar-refractivity contribution in [3.05, 3.63) is 52.4 Å². The molecule has 6 nitrogen and oxygen atoms in total. The van der Waals surface area contributed by atoms with E-state index in [1.54, 1.807) is 30.3 Å².